The summed E-state index contributed by atoms with van der Waals surface area (Å²) in [7, 11) is 1.76. The van der Waals surface area contributed by atoms with Crippen molar-refractivity contribution in [3.63, 3.8) is 0 Å². The van der Waals surface area contributed by atoms with Crippen molar-refractivity contribution in [1.82, 2.24) is 15.6 Å². The standard InChI is InChI=1S/C18H23ClN4O.HI/c1-20-18(22-12-10-15-6-9-17(19)23-13-15)21-11-2-3-14-4-7-16(24)8-5-14;/h4-9,13,24H,2-3,10-12H2,1H3,(H2,20,21,22);1H. The third kappa shape index (κ3) is 8.40. The molecule has 0 fully saturated rings. The van der Waals surface area contributed by atoms with Crippen molar-refractivity contribution in [1.29, 1.82) is 0 Å². The van der Waals surface area contributed by atoms with Gasteiger partial charge in [0.15, 0.2) is 5.96 Å². The molecule has 25 heavy (non-hydrogen) atoms. The van der Waals surface area contributed by atoms with Crippen LogP contribution in [-0.4, -0.2) is 36.2 Å². The third-order valence-electron chi connectivity index (χ3n) is 3.59. The van der Waals surface area contributed by atoms with Gasteiger partial charge in [0, 0.05) is 26.3 Å². The summed E-state index contributed by atoms with van der Waals surface area (Å²) in [5.41, 5.74) is 2.35. The lowest BCUT2D eigenvalue weighted by Gasteiger charge is -2.12. The SMILES string of the molecule is CN=C(NCCCc1ccc(O)cc1)NCCc1ccc(Cl)nc1.I. The number of aryl methyl sites for hydroxylation is 1. The normalized spacial score (nSPS) is 10.9. The zero-order chi connectivity index (χ0) is 17.2. The van der Waals surface area contributed by atoms with E-state index < -0.39 is 0 Å². The fraction of sp³-hybridized carbons (Fsp3) is 0.333. The van der Waals surface area contributed by atoms with E-state index >= 15 is 0 Å². The van der Waals surface area contributed by atoms with E-state index in [-0.39, 0.29) is 24.0 Å². The predicted molar refractivity (Wildman–Crippen MR) is 114 cm³/mol. The van der Waals surface area contributed by atoms with Crippen LogP contribution in [0.25, 0.3) is 0 Å². The third-order valence-corrected chi connectivity index (χ3v) is 3.81. The van der Waals surface area contributed by atoms with E-state index in [1.54, 1.807) is 31.4 Å². The van der Waals surface area contributed by atoms with Crippen LogP contribution in [0.4, 0.5) is 0 Å². The number of aliphatic imine (C=N–C) groups is 1. The van der Waals surface area contributed by atoms with Crippen LogP contribution in [0.2, 0.25) is 5.15 Å². The van der Waals surface area contributed by atoms with E-state index in [9.17, 15) is 5.11 Å². The fourth-order valence-electron chi connectivity index (χ4n) is 2.26. The Morgan fingerprint density at radius 1 is 1.04 bits per heavy atom. The van der Waals surface area contributed by atoms with Crippen LogP contribution in [0.1, 0.15) is 17.5 Å². The maximum atomic E-state index is 9.26. The Hall–Kier alpha value is -1.54. The topological polar surface area (TPSA) is 69.5 Å². The van der Waals surface area contributed by atoms with Crippen LogP contribution in [-0.2, 0) is 12.8 Å². The van der Waals surface area contributed by atoms with Crippen LogP contribution >= 0.6 is 35.6 Å². The van der Waals surface area contributed by atoms with E-state index in [0.29, 0.717) is 10.9 Å². The Morgan fingerprint density at radius 3 is 2.36 bits per heavy atom. The summed E-state index contributed by atoms with van der Waals surface area (Å²) in [4.78, 5) is 8.28. The van der Waals surface area contributed by atoms with Gasteiger partial charge in [-0.2, -0.15) is 0 Å². The summed E-state index contributed by atoms with van der Waals surface area (Å²) in [5, 5.41) is 16.4. The number of aromatic hydroxyl groups is 1. The lowest BCUT2D eigenvalue weighted by Crippen LogP contribution is -2.38. The fourth-order valence-corrected chi connectivity index (χ4v) is 2.37. The number of phenolic OH excluding ortho intramolecular Hbond substituents is 1. The Kier molecular flexibility index (Phi) is 10.3. The van der Waals surface area contributed by atoms with Crippen molar-refractivity contribution < 1.29 is 5.11 Å². The Labute approximate surface area is 170 Å². The number of phenols is 1. The van der Waals surface area contributed by atoms with Gasteiger partial charge in [-0.1, -0.05) is 29.8 Å². The molecule has 0 aliphatic carbocycles. The van der Waals surface area contributed by atoms with Gasteiger partial charge < -0.3 is 15.7 Å². The van der Waals surface area contributed by atoms with Crippen molar-refractivity contribution in [2.45, 2.75) is 19.3 Å². The molecular formula is C18H24ClIN4O. The molecule has 2 rings (SSSR count). The molecule has 7 heteroatoms. The molecule has 0 aliphatic heterocycles. The molecular weight excluding hydrogens is 451 g/mol. The van der Waals surface area contributed by atoms with E-state index in [1.807, 2.05) is 18.2 Å². The minimum Gasteiger partial charge on any atom is -0.508 e. The largest absolute Gasteiger partial charge is 0.508 e. The molecule has 136 valence electrons. The minimum absolute atomic E-state index is 0. The number of nitrogens with one attached hydrogen (secondary N) is 2. The quantitative estimate of drug-likeness (QED) is 0.189. The van der Waals surface area contributed by atoms with E-state index in [1.165, 1.54) is 5.56 Å². The molecule has 3 N–H and O–H groups in total. The van der Waals surface area contributed by atoms with Crippen molar-refractivity contribution >= 4 is 41.5 Å². The smallest absolute Gasteiger partial charge is 0.190 e. The number of hydrogen-bond acceptors (Lipinski definition) is 3. The zero-order valence-electron chi connectivity index (χ0n) is 14.2. The molecule has 0 atom stereocenters. The number of nitrogens with zero attached hydrogens (tertiary/aromatic N) is 2. The molecule has 0 spiro atoms. The Balaban J connectivity index is 0.00000312. The molecule has 0 amide bonds. The van der Waals surface area contributed by atoms with Crippen molar-refractivity contribution in [2.75, 3.05) is 20.1 Å². The molecule has 0 unspecified atom stereocenters. The first-order chi connectivity index (χ1) is 11.7. The monoisotopic (exact) mass is 474 g/mol. The molecule has 0 saturated carbocycles. The van der Waals surface area contributed by atoms with Crippen molar-refractivity contribution in [3.05, 3.63) is 58.9 Å². The lowest BCUT2D eigenvalue weighted by atomic mass is 10.1. The van der Waals surface area contributed by atoms with Crippen molar-refractivity contribution in [2.24, 2.45) is 4.99 Å². The summed E-state index contributed by atoms with van der Waals surface area (Å²) in [5.74, 6) is 1.10. The second kappa shape index (κ2) is 11.9. The first-order valence-electron chi connectivity index (χ1n) is 8.00. The van der Waals surface area contributed by atoms with Gasteiger partial charge in [0.05, 0.1) is 0 Å². The first kappa shape index (κ1) is 21.5. The van der Waals surface area contributed by atoms with Gasteiger partial charge in [-0.3, -0.25) is 4.99 Å². The maximum absolute atomic E-state index is 9.26. The summed E-state index contributed by atoms with van der Waals surface area (Å²) >= 11 is 5.77. The summed E-state index contributed by atoms with van der Waals surface area (Å²) in [6, 6.07) is 11.1. The highest BCUT2D eigenvalue weighted by Gasteiger charge is 1.99. The second-order valence-electron chi connectivity index (χ2n) is 5.43. The van der Waals surface area contributed by atoms with Gasteiger partial charge in [-0.15, -0.1) is 24.0 Å². The van der Waals surface area contributed by atoms with Gasteiger partial charge >= 0.3 is 0 Å². The maximum Gasteiger partial charge on any atom is 0.190 e. The second-order valence-corrected chi connectivity index (χ2v) is 5.82. The molecule has 0 radical (unpaired) electrons. The molecule has 0 aliphatic rings. The minimum atomic E-state index is 0. The lowest BCUT2D eigenvalue weighted by molar-refractivity contribution is 0.475. The molecule has 0 bridgehead atoms. The number of aromatic nitrogens is 1. The average Bonchev–Trinajstić information content (AvgIpc) is 2.60. The highest BCUT2D eigenvalue weighted by molar-refractivity contribution is 14.0. The number of guanidine groups is 1. The van der Waals surface area contributed by atoms with Crippen LogP contribution in [0.15, 0.2) is 47.6 Å². The van der Waals surface area contributed by atoms with E-state index in [4.69, 9.17) is 11.6 Å². The van der Waals surface area contributed by atoms with Gasteiger partial charge in [0.2, 0.25) is 0 Å². The summed E-state index contributed by atoms with van der Waals surface area (Å²) in [6.07, 6.45) is 4.60. The van der Waals surface area contributed by atoms with Crippen LogP contribution < -0.4 is 10.6 Å². The van der Waals surface area contributed by atoms with Gasteiger partial charge in [0.1, 0.15) is 10.9 Å². The van der Waals surface area contributed by atoms with Crippen LogP contribution in [0.5, 0.6) is 5.75 Å². The van der Waals surface area contributed by atoms with Crippen LogP contribution in [0, 0.1) is 0 Å². The van der Waals surface area contributed by atoms with E-state index in [0.717, 1.165) is 43.9 Å². The molecule has 1 aromatic carbocycles. The average molecular weight is 475 g/mol. The summed E-state index contributed by atoms with van der Waals surface area (Å²) in [6.45, 7) is 1.62. The van der Waals surface area contributed by atoms with Gasteiger partial charge in [0.25, 0.3) is 0 Å². The van der Waals surface area contributed by atoms with Crippen molar-refractivity contribution in [3.8, 4) is 5.75 Å². The van der Waals surface area contributed by atoms with Gasteiger partial charge in [-0.05, 0) is 48.6 Å². The molecule has 1 aromatic heterocycles. The number of hydrogen-bond donors (Lipinski definition) is 3. The number of benzene rings is 1. The summed E-state index contributed by atoms with van der Waals surface area (Å²) < 4.78 is 0. The Morgan fingerprint density at radius 2 is 1.72 bits per heavy atom. The Bertz CT molecular complexity index is 647. The van der Waals surface area contributed by atoms with Crippen LogP contribution in [0.3, 0.4) is 0 Å². The number of pyridine rings is 1. The predicted octanol–water partition coefficient (Wildman–Crippen LogP) is 3.40. The molecule has 5 nitrogen and oxygen atoms in total. The van der Waals surface area contributed by atoms with Gasteiger partial charge in [-0.25, -0.2) is 4.98 Å². The molecule has 2 aromatic rings. The highest BCUT2D eigenvalue weighted by Crippen LogP contribution is 2.10. The number of halogens is 2. The number of rotatable bonds is 7. The highest BCUT2D eigenvalue weighted by atomic mass is 127. The van der Waals surface area contributed by atoms with E-state index in [2.05, 4.69) is 20.6 Å². The molecule has 1 heterocycles. The first-order valence-corrected chi connectivity index (χ1v) is 8.38. The zero-order valence-corrected chi connectivity index (χ0v) is 17.3. The molecule has 0 saturated heterocycles.